The number of piperidine rings is 2. The lowest BCUT2D eigenvalue weighted by Crippen LogP contribution is -2.53. The number of carboxylic acids is 2. The molecule has 0 aromatic heterocycles. The number of ketones is 1. The molecule has 2 amide bonds. The van der Waals surface area contributed by atoms with E-state index in [-0.39, 0.29) is 25.9 Å². The lowest BCUT2D eigenvalue weighted by atomic mass is 9.79. The van der Waals surface area contributed by atoms with E-state index >= 15 is 0 Å². The van der Waals surface area contributed by atoms with E-state index in [1.807, 2.05) is 5.32 Å². The minimum absolute atomic E-state index is 0.0545. The molecule has 2 aliphatic rings. The maximum atomic E-state index is 14.9. The zero-order chi connectivity index (χ0) is 21.9. The summed E-state index contributed by atoms with van der Waals surface area (Å²) in [6.07, 6.45) is 0.0857. The van der Waals surface area contributed by atoms with E-state index in [0.717, 1.165) is 0 Å². The molecule has 29 heavy (non-hydrogen) atoms. The molecule has 2 fully saturated rings. The van der Waals surface area contributed by atoms with Crippen molar-refractivity contribution >= 4 is 29.5 Å². The minimum Gasteiger partial charge on any atom is -0.481 e. The molecule has 3 unspecified atom stereocenters. The second kappa shape index (κ2) is 8.98. The van der Waals surface area contributed by atoms with Crippen LogP contribution in [0.3, 0.4) is 0 Å². The van der Waals surface area contributed by atoms with Gasteiger partial charge < -0.3 is 10.2 Å². The molecule has 0 radical (unpaired) electrons. The SMILES string of the molecule is CC(C)(F)C(CC(=O)C(C(=O)O)C1CCC(=O)NC1=O)N1CCC(C(=O)O)CC1. The van der Waals surface area contributed by atoms with Crippen molar-refractivity contribution in [1.29, 1.82) is 0 Å². The average Bonchev–Trinajstić information content (AvgIpc) is 2.60. The zero-order valence-corrected chi connectivity index (χ0v) is 16.5. The molecule has 2 aliphatic heterocycles. The van der Waals surface area contributed by atoms with E-state index in [2.05, 4.69) is 0 Å². The van der Waals surface area contributed by atoms with Gasteiger partial charge in [-0.2, -0.15) is 0 Å². The van der Waals surface area contributed by atoms with Crippen LogP contribution in [0.4, 0.5) is 4.39 Å². The quantitative estimate of drug-likeness (QED) is 0.388. The van der Waals surface area contributed by atoms with Crippen LogP contribution >= 0.6 is 0 Å². The van der Waals surface area contributed by atoms with E-state index in [4.69, 9.17) is 5.11 Å². The molecule has 3 N–H and O–H groups in total. The van der Waals surface area contributed by atoms with Crippen molar-refractivity contribution in [3.8, 4) is 0 Å². The molecule has 0 aromatic carbocycles. The number of hydrogen-bond donors (Lipinski definition) is 3. The number of likely N-dealkylation sites (tertiary alicyclic amines) is 1. The van der Waals surface area contributed by atoms with Crippen molar-refractivity contribution in [2.24, 2.45) is 17.8 Å². The van der Waals surface area contributed by atoms with E-state index < -0.39 is 65.4 Å². The average molecular weight is 414 g/mol. The highest BCUT2D eigenvalue weighted by molar-refractivity contribution is 6.06. The smallest absolute Gasteiger partial charge is 0.314 e. The second-order valence-corrected chi connectivity index (χ2v) is 8.27. The van der Waals surface area contributed by atoms with Gasteiger partial charge in [0.2, 0.25) is 11.8 Å². The fraction of sp³-hybridized carbons (Fsp3) is 0.737. The van der Waals surface area contributed by atoms with Crippen molar-refractivity contribution in [3.05, 3.63) is 0 Å². The Kier molecular flexibility index (Phi) is 7.10. The number of aliphatic carboxylic acids is 2. The Morgan fingerprint density at radius 1 is 1.17 bits per heavy atom. The van der Waals surface area contributed by atoms with Gasteiger partial charge in [-0.15, -0.1) is 0 Å². The Morgan fingerprint density at radius 2 is 1.76 bits per heavy atom. The molecule has 0 aromatic rings. The van der Waals surface area contributed by atoms with E-state index in [1.165, 1.54) is 13.8 Å². The lowest BCUT2D eigenvalue weighted by Gasteiger charge is -2.41. The number of alkyl halides is 1. The second-order valence-electron chi connectivity index (χ2n) is 8.27. The van der Waals surface area contributed by atoms with Gasteiger partial charge in [-0.1, -0.05) is 0 Å². The standard InChI is InChI=1S/C19H27FN2O7/c1-19(2,20)13(22-7-5-10(6-8-22)17(26)27)9-12(23)15(18(28)29)11-3-4-14(24)21-16(11)25/h10-11,13,15H,3-9H2,1-2H3,(H,26,27)(H,28,29)(H,21,24,25). The Morgan fingerprint density at radius 3 is 2.21 bits per heavy atom. The third kappa shape index (κ3) is 5.59. The van der Waals surface area contributed by atoms with Crippen molar-refractivity contribution < 1.29 is 38.6 Å². The summed E-state index contributed by atoms with van der Waals surface area (Å²) in [5.74, 6) is -7.87. The molecular formula is C19H27FN2O7. The van der Waals surface area contributed by atoms with Crippen molar-refractivity contribution in [3.63, 3.8) is 0 Å². The molecule has 3 atom stereocenters. The first-order chi connectivity index (χ1) is 13.4. The Hall–Kier alpha value is -2.36. The molecule has 2 rings (SSSR count). The summed E-state index contributed by atoms with van der Waals surface area (Å²) in [6, 6.07) is -0.945. The summed E-state index contributed by atoms with van der Waals surface area (Å²) >= 11 is 0. The highest BCUT2D eigenvalue weighted by Gasteiger charge is 2.45. The van der Waals surface area contributed by atoms with Crippen LogP contribution in [0.15, 0.2) is 0 Å². The molecule has 0 spiro atoms. The van der Waals surface area contributed by atoms with Gasteiger partial charge in [-0.05, 0) is 46.2 Å². The fourth-order valence-electron chi connectivity index (χ4n) is 4.14. The molecule has 10 heteroatoms. The van der Waals surface area contributed by atoms with E-state index in [1.54, 1.807) is 4.90 Å². The zero-order valence-electron chi connectivity index (χ0n) is 16.5. The van der Waals surface area contributed by atoms with Gasteiger partial charge in [0, 0.05) is 12.8 Å². The van der Waals surface area contributed by atoms with Crippen molar-refractivity contribution in [1.82, 2.24) is 10.2 Å². The maximum Gasteiger partial charge on any atom is 0.314 e. The number of carbonyl (C=O) groups excluding carboxylic acids is 3. The van der Waals surface area contributed by atoms with Crippen LogP contribution in [-0.2, 0) is 24.0 Å². The van der Waals surface area contributed by atoms with Gasteiger partial charge >= 0.3 is 11.9 Å². The van der Waals surface area contributed by atoms with Crippen molar-refractivity contribution in [2.75, 3.05) is 13.1 Å². The van der Waals surface area contributed by atoms with Gasteiger partial charge in [0.05, 0.1) is 17.9 Å². The van der Waals surface area contributed by atoms with Gasteiger partial charge in [-0.3, -0.25) is 34.2 Å². The third-order valence-electron chi connectivity index (χ3n) is 5.80. The predicted octanol–water partition coefficient (Wildman–Crippen LogP) is 0.613. The highest BCUT2D eigenvalue weighted by Crippen LogP contribution is 2.31. The van der Waals surface area contributed by atoms with Gasteiger partial charge in [0.1, 0.15) is 17.4 Å². The number of rotatable bonds is 8. The third-order valence-corrected chi connectivity index (χ3v) is 5.80. The molecule has 0 saturated carbocycles. The number of hydrogen-bond acceptors (Lipinski definition) is 6. The molecule has 162 valence electrons. The highest BCUT2D eigenvalue weighted by atomic mass is 19.1. The summed E-state index contributed by atoms with van der Waals surface area (Å²) in [5.41, 5.74) is -1.85. The maximum absolute atomic E-state index is 14.9. The summed E-state index contributed by atoms with van der Waals surface area (Å²) in [6.45, 7) is 3.13. The molecule has 2 saturated heterocycles. The fourth-order valence-corrected chi connectivity index (χ4v) is 4.14. The van der Waals surface area contributed by atoms with Gasteiger partial charge in [0.15, 0.2) is 0 Å². The summed E-state index contributed by atoms with van der Waals surface area (Å²) in [7, 11) is 0. The number of carbonyl (C=O) groups is 5. The molecule has 0 bridgehead atoms. The lowest BCUT2D eigenvalue weighted by molar-refractivity contribution is -0.155. The Bertz CT molecular complexity index is 695. The predicted molar refractivity (Wildman–Crippen MR) is 97.5 cm³/mol. The first kappa shape index (κ1) is 22.9. The van der Waals surface area contributed by atoms with Crippen LogP contribution < -0.4 is 5.32 Å². The number of halogens is 1. The summed E-state index contributed by atoms with van der Waals surface area (Å²) < 4.78 is 14.9. The number of imide groups is 1. The van der Waals surface area contributed by atoms with Crippen LogP contribution in [0.25, 0.3) is 0 Å². The first-order valence-electron chi connectivity index (χ1n) is 9.66. The van der Waals surface area contributed by atoms with Crippen LogP contribution in [0, 0.1) is 17.8 Å². The Balaban J connectivity index is 2.15. The largest absolute Gasteiger partial charge is 0.481 e. The first-order valence-corrected chi connectivity index (χ1v) is 9.66. The van der Waals surface area contributed by atoms with Crippen molar-refractivity contribution in [2.45, 2.75) is 57.7 Å². The van der Waals surface area contributed by atoms with Crippen LogP contribution in [0.2, 0.25) is 0 Å². The summed E-state index contributed by atoms with van der Waals surface area (Å²) in [5, 5.41) is 20.7. The minimum atomic E-state index is -1.85. The van der Waals surface area contributed by atoms with Crippen LogP contribution in [-0.4, -0.2) is 69.4 Å². The van der Waals surface area contributed by atoms with Gasteiger partial charge in [-0.25, -0.2) is 4.39 Å². The monoisotopic (exact) mass is 414 g/mol. The van der Waals surface area contributed by atoms with Crippen LogP contribution in [0.5, 0.6) is 0 Å². The van der Waals surface area contributed by atoms with E-state index in [0.29, 0.717) is 12.8 Å². The topological polar surface area (TPSA) is 141 Å². The molecule has 9 nitrogen and oxygen atoms in total. The number of carboxylic acid groups (broad SMARTS) is 2. The normalized spacial score (nSPS) is 23.9. The number of Topliss-reactive ketones (excluding diaryl/α,β-unsaturated/α-hetero) is 1. The van der Waals surface area contributed by atoms with Crippen LogP contribution in [0.1, 0.15) is 46.0 Å². The number of amides is 2. The van der Waals surface area contributed by atoms with Gasteiger partial charge in [0.25, 0.3) is 0 Å². The number of nitrogens with one attached hydrogen (secondary N) is 1. The van der Waals surface area contributed by atoms with E-state index in [9.17, 15) is 33.5 Å². The summed E-state index contributed by atoms with van der Waals surface area (Å²) in [4.78, 5) is 60.8. The Labute approximate surface area is 167 Å². The molecular weight excluding hydrogens is 387 g/mol. The molecule has 0 aliphatic carbocycles. The molecule has 2 heterocycles. The number of nitrogens with zero attached hydrogens (tertiary/aromatic N) is 1.